The van der Waals surface area contributed by atoms with Gasteiger partial charge in [0.05, 0.1) is 17.4 Å². The van der Waals surface area contributed by atoms with Gasteiger partial charge in [0.2, 0.25) is 5.95 Å². The molecule has 0 aliphatic carbocycles. The molecule has 0 saturated heterocycles. The van der Waals surface area contributed by atoms with Gasteiger partial charge in [-0.25, -0.2) is 9.97 Å². The van der Waals surface area contributed by atoms with Gasteiger partial charge in [-0.2, -0.15) is 9.78 Å². The number of oxime groups is 1. The molecule has 0 N–H and O–H groups in total. The number of pyridine rings is 1. The number of aromatic nitrogens is 6. The highest BCUT2D eigenvalue weighted by atomic mass is 16.6. The van der Waals surface area contributed by atoms with Gasteiger partial charge >= 0.3 is 0 Å². The lowest BCUT2D eigenvalue weighted by molar-refractivity contribution is 0.0860. The van der Waals surface area contributed by atoms with E-state index in [1.807, 2.05) is 20.8 Å². The lowest BCUT2D eigenvalue weighted by Gasteiger charge is -2.09. The number of rotatable bonds is 5. The minimum Gasteiger partial charge on any atom is -0.393 e. The summed E-state index contributed by atoms with van der Waals surface area (Å²) in [5, 5.41) is 8.36. The van der Waals surface area contributed by atoms with Gasteiger partial charge in [-0.05, 0) is 27.7 Å². The quantitative estimate of drug-likeness (QED) is 0.532. The van der Waals surface area contributed by atoms with Crippen molar-refractivity contribution in [3.63, 3.8) is 0 Å². The Labute approximate surface area is 133 Å². The van der Waals surface area contributed by atoms with Crippen molar-refractivity contribution in [1.29, 1.82) is 0 Å². The zero-order valence-corrected chi connectivity index (χ0v) is 13.6. The molecule has 0 atom stereocenters. The first-order valence-corrected chi connectivity index (χ1v) is 7.51. The Kier molecular flexibility index (Phi) is 4.05. The normalized spacial score (nSPS) is 12.3. The molecule has 0 spiro atoms. The summed E-state index contributed by atoms with van der Waals surface area (Å²) in [5.41, 5.74) is 3.40. The lowest BCUT2D eigenvalue weighted by Crippen LogP contribution is -2.09. The number of hydrogen-bond acceptors (Lipinski definition) is 6. The predicted octanol–water partition coefficient (Wildman–Crippen LogP) is 2.18. The minimum absolute atomic E-state index is 0.0268. The summed E-state index contributed by atoms with van der Waals surface area (Å²) in [6, 6.07) is 0. The molecule has 0 aromatic carbocycles. The molecule has 0 aliphatic rings. The maximum absolute atomic E-state index is 5.36. The van der Waals surface area contributed by atoms with E-state index in [-0.39, 0.29) is 6.10 Å². The zero-order valence-electron chi connectivity index (χ0n) is 13.6. The third-order valence-electron chi connectivity index (χ3n) is 3.36. The standard InChI is InChI=1S/C15H19N7O/c1-5-21-14-12(11(4)20-23-10(2)3)6-16-7-13(14)19-15(21)22-9-17-8-18-22/h6-10H,5H2,1-4H3/b20-11-. The van der Waals surface area contributed by atoms with Crippen LogP contribution in [0.4, 0.5) is 0 Å². The molecule has 0 saturated carbocycles. The first-order chi connectivity index (χ1) is 11.1. The molecule has 0 amide bonds. The first-order valence-electron chi connectivity index (χ1n) is 7.51. The summed E-state index contributed by atoms with van der Waals surface area (Å²) in [5.74, 6) is 0.701. The Morgan fingerprint density at radius 2 is 2.13 bits per heavy atom. The fraction of sp³-hybridized carbons (Fsp3) is 0.400. The van der Waals surface area contributed by atoms with Crippen molar-refractivity contribution in [1.82, 2.24) is 29.3 Å². The van der Waals surface area contributed by atoms with Crippen molar-refractivity contribution >= 4 is 16.7 Å². The van der Waals surface area contributed by atoms with Crippen LogP contribution in [0.3, 0.4) is 0 Å². The van der Waals surface area contributed by atoms with E-state index in [1.165, 1.54) is 6.33 Å². The minimum atomic E-state index is 0.0268. The van der Waals surface area contributed by atoms with Crippen molar-refractivity contribution in [2.75, 3.05) is 0 Å². The fourth-order valence-electron chi connectivity index (χ4n) is 2.36. The maximum Gasteiger partial charge on any atom is 0.233 e. The van der Waals surface area contributed by atoms with E-state index in [0.29, 0.717) is 5.95 Å². The maximum atomic E-state index is 5.36. The van der Waals surface area contributed by atoms with Crippen LogP contribution in [-0.4, -0.2) is 41.1 Å². The van der Waals surface area contributed by atoms with Gasteiger partial charge in [0, 0.05) is 18.3 Å². The summed E-state index contributed by atoms with van der Waals surface area (Å²) in [6.07, 6.45) is 6.66. The summed E-state index contributed by atoms with van der Waals surface area (Å²) < 4.78 is 3.71. The molecule has 120 valence electrons. The zero-order chi connectivity index (χ0) is 16.4. The van der Waals surface area contributed by atoms with E-state index in [0.717, 1.165) is 28.9 Å². The van der Waals surface area contributed by atoms with Crippen LogP contribution in [0, 0.1) is 0 Å². The van der Waals surface area contributed by atoms with Crippen LogP contribution in [0.25, 0.3) is 17.0 Å². The van der Waals surface area contributed by atoms with Crippen LogP contribution >= 0.6 is 0 Å². The van der Waals surface area contributed by atoms with Gasteiger partial charge in [-0.1, -0.05) is 5.16 Å². The van der Waals surface area contributed by atoms with Crippen LogP contribution in [-0.2, 0) is 11.4 Å². The molecular weight excluding hydrogens is 294 g/mol. The van der Waals surface area contributed by atoms with Gasteiger partial charge in [0.1, 0.15) is 24.3 Å². The molecular formula is C15H19N7O. The summed E-state index contributed by atoms with van der Waals surface area (Å²) in [4.78, 5) is 18.3. The van der Waals surface area contributed by atoms with Crippen LogP contribution in [0.1, 0.15) is 33.3 Å². The molecule has 8 nitrogen and oxygen atoms in total. The number of nitrogens with zero attached hydrogens (tertiary/aromatic N) is 7. The van der Waals surface area contributed by atoms with Gasteiger partial charge in [-0.15, -0.1) is 0 Å². The van der Waals surface area contributed by atoms with E-state index in [4.69, 9.17) is 4.84 Å². The third kappa shape index (κ3) is 2.79. The van der Waals surface area contributed by atoms with Crippen molar-refractivity contribution in [3.8, 4) is 5.95 Å². The van der Waals surface area contributed by atoms with E-state index < -0.39 is 0 Å². The third-order valence-corrected chi connectivity index (χ3v) is 3.36. The average Bonchev–Trinajstić information content (AvgIpc) is 3.18. The highest BCUT2D eigenvalue weighted by Crippen LogP contribution is 2.22. The van der Waals surface area contributed by atoms with E-state index in [2.05, 4.69) is 36.7 Å². The number of imidazole rings is 1. The average molecular weight is 313 g/mol. The van der Waals surface area contributed by atoms with Crippen LogP contribution in [0.15, 0.2) is 30.2 Å². The second-order valence-electron chi connectivity index (χ2n) is 5.38. The largest absolute Gasteiger partial charge is 0.393 e. The lowest BCUT2D eigenvalue weighted by atomic mass is 10.1. The molecule has 3 heterocycles. The summed E-state index contributed by atoms with van der Waals surface area (Å²) in [6.45, 7) is 8.58. The number of aryl methyl sites for hydroxylation is 1. The Balaban J connectivity index is 2.19. The number of hydrogen-bond donors (Lipinski definition) is 0. The monoisotopic (exact) mass is 313 g/mol. The molecule has 0 fully saturated rings. The van der Waals surface area contributed by atoms with Crippen molar-refractivity contribution in [2.45, 2.75) is 40.3 Å². The molecule has 3 rings (SSSR count). The Morgan fingerprint density at radius 3 is 2.78 bits per heavy atom. The number of fused-ring (bicyclic) bond motifs is 1. The highest BCUT2D eigenvalue weighted by molar-refractivity contribution is 6.07. The summed E-state index contributed by atoms with van der Waals surface area (Å²) >= 11 is 0. The molecule has 8 heteroatoms. The molecule has 0 aliphatic heterocycles. The van der Waals surface area contributed by atoms with Gasteiger partial charge < -0.3 is 9.40 Å². The second-order valence-corrected chi connectivity index (χ2v) is 5.38. The Bertz CT molecular complexity index is 833. The second kappa shape index (κ2) is 6.15. The highest BCUT2D eigenvalue weighted by Gasteiger charge is 2.17. The molecule has 0 unspecified atom stereocenters. The summed E-state index contributed by atoms with van der Waals surface area (Å²) in [7, 11) is 0. The Morgan fingerprint density at radius 1 is 1.30 bits per heavy atom. The fourth-order valence-corrected chi connectivity index (χ4v) is 2.36. The van der Waals surface area contributed by atoms with Crippen LogP contribution in [0.5, 0.6) is 0 Å². The predicted molar refractivity (Wildman–Crippen MR) is 86.6 cm³/mol. The SMILES string of the molecule is CCn1c(-n2cncn2)nc2cncc(/C(C)=N\OC(C)C)c21. The smallest absolute Gasteiger partial charge is 0.233 e. The van der Waals surface area contributed by atoms with Crippen LogP contribution in [0.2, 0.25) is 0 Å². The van der Waals surface area contributed by atoms with Gasteiger partial charge in [0.25, 0.3) is 0 Å². The molecule has 23 heavy (non-hydrogen) atoms. The van der Waals surface area contributed by atoms with Crippen molar-refractivity contribution in [2.24, 2.45) is 5.16 Å². The molecule has 3 aromatic heterocycles. The Hall–Kier alpha value is -2.77. The topological polar surface area (TPSA) is 83.0 Å². The molecule has 0 bridgehead atoms. The van der Waals surface area contributed by atoms with Crippen molar-refractivity contribution in [3.05, 3.63) is 30.6 Å². The van der Waals surface area contributed by atoms with Crippen molar-refractivity contribution < 1.29 is 4.84 Å². The van der Waals surface area contributed by atoms with Crippen LogP contribution < -0.4 is 0 Å². The van der Waals surface area contributed by atoms with E-state index in [1.54, 1.807) is 23.4 Å². The molecule has 0 radical (unpaired) electrons. The van der Waals surface area contributed by atoms with E-state index in [9.17, 15) is 0 Å². The first kappa shape index (κ1) is 15.1. The van der Waals surface area contributed by atoms with E-state index >= 15 is 0 Å². The van der Waals surface area contributed by atoms with Gasteiger partial charge in [-0.3, -0.25) is 4.98 Å². The molecule has 3 aromatic rings. The van der Waals surface area contributed by atoms with Gasteiger partial charge in [0.15, 0.2) is 0 Å².